The Balaban J connectivity index is 3.66. The fourth-order valence-electron chi connectivity index (χ4n) is 1.02. The van der Waals surface area contributed by atoms with Gasteiger partial charge in [0.1, 0.15) is 6.10 Å². The molecule has 0 aromatic rings. The fourth-order valence-corrected chi connectivity index (χ4v) is 1.02. The zero-order chi connectivity index (χ0) is 9.56. The molecule has 0 rings (SSSR count). The summed E-state index contributed by atoms with van der Waals surface area (Å²) in [7, 11) is 0. The molecule has 0 aliphatic heterocycles. The second-order valence-corrected chi connectivity index (χ2v) is 3.53. The van der Waals surface area contributed by atoms with Gasteiger partial charge >= 0.3 is 5.97 Å². The highest BCUT2D eigenvalue weighted by Crippen LogP contribution is 2.07. The molecule has 0 unspecified atom stereocenters. The van der Waals surface area contributed by atoms with Gasteiger partial charge in [-0.1, -0.05) is 27.7 Å². The number of hydrogen-bond acceptors (Lipinski definition) is 2. The lowest BCUT2D eigenvalue weighted by molar-refractivity contribution is -0.150. The highest BCUT2D eigenvalue weighted by atomic mass is 16.5. The third-order valence-electron chi connectivity index (χ3n) is 1.78. The summed E-state index contributed by atoms with van der Waals surface area (Å²) in [4.78, 5) is 11.2. The van der Waals surface area contributed by atoms with E-state index in [0.717, 1.165) is 12.8 Å². The van der Waals surface area contributed by atoms with Gasteiger partial charge in [-0.2, -0.15) is 0 Å². The lowest BCUT2D eigenvalue weighted by atomic mass is 10.1. The molecular weight excluding hydrogens is 152 g/mol. The predicted molar refractivity (Wildman–Crippen MR) is 49.9 cm³/mol. The average Bonchev–Trinajstić information content (AvgIpc) is 1.98. The number of ether oxygens (including phenoxy) is 1. The summed E-state index contributed by atoms with van der Waals surface area (Å²) in [6.45, 7) is 8.12. The zero-order valence-corrected chi connectivity index (χ0v) is 8.59. The largest absolute Gasteiger partial charge is 0.462 e. The maximum atomic E-state index is 11.2. The van der Waals surface area contributed by atoms with Gasteiger partial charge in [0, 0.05) is 6.42 Å². The van der Waals surface area contributed by atoms with E-state index >= 15 is 0 Å². The smallest absolute Gasteiger partial charge is 0.306 e. The van der Waals surface area contributed by atoms with Gasteiger partial charge in [0.25, 0.3) is 0 Å². The minimum absolute atomic E-state index is 0.0568. The van der Waals surface area contributed by atoms with Crippen molar-refractivity contribution in [3.63, 3.8) is 0 Å². The Hall–Kier alpha value is -0.530. The van der Waals surface area contributed by atoms with Crippen LogP contribution in [0.25, 0.3) is 0 Å². The fraction of sp³-hybridized carbons (Fsp3) is 0.900. The molecule has 2 nitrogen and oxygen atoms in total. The molecule has 0 amide bonds. The second kappa shape index (κ2) is 6.04. The topological polar surface area (TPSA) is 26.3 Å². The number of carbonyl (C=O) groups is 1. The van der Waals surface area contributed by atoms with Crippen LogP contribution in [0.3, 0.4) is 0 Å². The Morgan fingerprint density at radius 1 is 1.25 bits per heavy atom. The molecule has 0 atom stereocenters. The Morgan fingerprint density at radius 3 is 2.08 bits per heavy atom. The van der Waals surface area contributed by atoms with Crippen molar-refractivity contribution in [2.24, 2.45) is 5.92 Å². The SMILES string of the molecule is CCC(CC)OC(=O)CC(C)C. The van der Waals surface area contributed by atoms with E-state index in [0.29, 0.717) is 12.3 Å². The Kier molecular flexibility index (Phi) is 5.77. The van der Waals surface area contributed by atoms with Gasteiger partial charge in [-0.15, -0.1) is 0 Å². The van der Waals surface area contributed by atoms with Crippen LogP contribution < -0.4 is 0 Å². The zero-order valence-electron chi connectivity index (χ0n) is 8.59. The van der Waals surface area contributed by atoms with Gasteiger partial charge in [0.2, 0.25) is 0 Å². The van der Waals surface area contributed by atoms with Gasteiger partial charge in [-0.3, -0.25) is 4.79 Å². The molecule has 0 fully saturated rings. The summed E-state index contributed by atoms with van der Waals surface area (Å²) in [6.07, 6.45) is 2.49. The van der Waals surface area contributed by atoms with Gasteiger partial charge < -0.3 is 4.74 Å². The van der Waals surface area contributed by atoms with Gasteiger partial charge in [0.05, 0.1) is 0 Å². The summed E-state index contributed by atoms with van der Waals surface area (Å²) in [5.41, 5.74) is 0. The molecule has 0 N–H and O–H groups in total. The van der Waals surface area contributed by atoms with E-state index in [9.17, 15) is 4.79 Å². The Bertz CT molecular complexity index is 126. The summed E-state index contributed by atoms with van der Waals surface area (Å²) in [6, 6.07) is 0. The van der Waals surface area contributed by atoms with Crippen LogP contribution in [0.5, 0.6) is 0 Å². The molecule has 0 aliphatic carbocycles. The number of esters is 1. The summed E-state index contributed by atoms with van der Waals surface area (Å²) in [5.74, 6) is 0.338. The molecule has 0 aromatic carbocycles. The number of rotatable bonds is 5. The summed E-state index contributed by atoms with van der Waals surface area (Å²) in [5, 5.41) is 0. The molecule has 0 radical (unpaired) electrons. The minimum Gasteiger partial charge on any atom is -0.462 e. The van der Waals surface area contributed by atoms with Crippen molar-refractivity contribution >= 4 is 5.97 Å². The molecule has 0 saturated carbocycles. The Labute approximate surface area is 75.3 Å². The molecule has 2 heteroatoms. The molecule has 0 saturated heterocycles. The van der Waals surface area contributed by atoms with Crippen molar-refractivity contribution < 1.29 is 9.53 Å². The van der Waals surface area contributed by atoms with Crippen LogP contribution >= 0.6 is 0 Å². The van der Waals surface area contributed by atoms with Crippen molar-refractivity contribution in [1.82, 2.24) is 0 Å². The van der Waals surface area contributed by atoms with E-state index in [-0.39, 0.29) is 12.1 Å². The lowest BCUT2D eigenvalue weighted by Gasteiger charge is -2.14. The van der Waals surface area contributed by atoms with Crippen LogP contribution in [0.2, 0.25) is 0 Å². The van der Waals surface area contributed by atoms with Crippen LogP contribution in [-0.2, 0) is 9.53 Å². The minimum atomic E-state index is -0.0568. The Morgan fingerprint density at radius 2 is 1.75 bits per heavy atom. The number of hydrogen-bond donors (Lipinski definition) is 0. The van der Waals surface area contributed by atoms with E-state index < -0.39 is 0 Å². The first-order chi connectivity index (χ1) is 5.60. The van der Waals surface area contributed by atoms with Gasteiger partial charge in [-0.25, -0.2) is 0 Å². The molecule has 0 heterocycles. The van der Waals surface area contributed by atoms with Crippen molar-refractivity contribution in [2.75, 3.05) is 0 Å². The normalized spacial score (nSPS) is 10.8. The van der Waals surface area contributed by atoms with Crippen molar-refractivity contribution in [3.8, 4) is 0 Å². The maximum absolute atomic E-state index is 11.2. The highest BCUT2D eigenvalue weighted by molar-refractivity contribution is 5.69. The molecular formula is C10H20O2. The molecule has 0 spiro atoms. The monoisotopic (exact) mass is 172 g/mol. The van der Waals surface area contributed by atoms with E-state index in [1.54, 1.807) is 0 Å². The maximum Gasteiger partial charge on any atom is 0.306 e. The molecule has 72 valence electrons. The number of carbonyl (C=O) groups excluding carboxylic acids is 1. The van der Waals surface area contributed by atoms with Gasteiger partial charge in [-0.05, 0) is 18.8 Å². The van der Waals surface area contributed by atoms with Crippen LogP contribution in [0, 0.1) is 5.92 Å². The predicted octanol–water partition coefficient (Wildman–Crippen LogP) is 2.76. The van der Waals surface area contributed by atoms with E-state index in [2.05, 4.69) is 0 Å². The van der Waals surface area contributed by atoms with E-state index in [1.165, 1.54) is 0 Å². The van der Waals surface area contributed by atoms with Crippen molar-refractivity contribution in [2.45, 2.75) is 53.1 Å². The van der Waals surface area contributed by atoms with Crippen LogP contribution in [0.15, 0.2) is 0 Å². The third kappa shape index (κ3) is 5.16. The first-order valence-corrected chi connectivity index (χ1v) is 4.79. The summed E-state index contributed by atoms with van der Waals surface area (Å²) < 4.78 is 5.22. The quantitative estimate of drug-likeness (QED) is 0.596. The van der Waals surface area contributed by atoms with E-state index in [4.69, 9.17) is 4.74 Å². The van der Waals surface area contributed by atoms with Gasteiger partial charge in [0.15, 0.2) is 0 Å². The second-order valence-electron chi connectivity index (χ2n) is 3.53. The van der Waals surface area contributed by atoms with Crippen LogP contribution in [-0.4, -0.2) is 12.1 Å². The lowest BCUT2D eigenvalue weighted by Crippen LogP contribution is -2.17. The third-order valence-corrected chi connectivity index (χ3v) is 1.78. The highest BCUT2D eigenvalue weighted by Gasteiger charge is 2.11. The average molecular weight is 172 g/mol. The standard InChI is InChI=1S/C10H20O2/c1-5-9(6-2)12-10(11)7-8(3)4/h8-9H,5-7H2,1-4H3. The first-order valence-electron chi connectivity index (χ1n) is 4.79. The van der Waals surface area contributed by atoms with Crippen molar-refractivity contribution in [3.05, 3.63) is 0 Å². The van der Waals surface area contributed by atoms with E-state index in [1.807, 2.05) is 27.7 Å². The van der Waals surface area contributed by atoms with Crippen LogP contribution in [0.1, 0.15) is 47.0 Å². The summed E-state index contributed by atoms with van der Waals surface area (Å²) >= 11 is 0. The molecule has 0 bridgehead atoms. The first kappa shape index (κ1) is 11.5. The van der Waals surface area contributed by atoms with Crippen molar-refractivity contribution in [1.29, 1.82) is 0 Å². The molecule has 0 aliphatic rings. The van der Waals surface area contributed by atoms with Crippen LogP contribution in [0.4, 0.5) is 0 Å². The molecule has 12 heavy (non-hydrogen) atoms. The molecule has 0 aromatic heterocycles.